The van der Waals surface area contributed by atoms with Gasteiger partial charge < -0.3 is 10.1 Å². The summed E-state index contributed by atoms with van der Waals surface area (Å²) in [5.74, 6) is -0.779. The second-order valence-corrected chi connectivity index (χ2v) is 5.84. The zero-order valence-electron chi connectivity index (χ0n) is 13.1. The quantitative estimate of drug-likeness (QED) is 0.821. The van der Waals surface area contributed by atoms with E-state index in [-0.39, 0.29) is 11.6 Å². The highest BCUT2D eigenvalue weighted by Gasteiger charge is 2.15. The number of aromatic nitrogens is 1. The van der Waals surface area contributed by atoms with E-state index in [1.54, 1.807) is 19.9 Å². The number of anilines is 1. The Labute approximate surface area is 143 Å². The van der Waals surface area contributed by atoms with Gasteiger partial charge in [-0.05, 0) is 66.5 Å². The zero-order valence-corrected chi connectivity index (χ0v) is 14.7. The lowest BCUT2D eigenvalue weighted by atomic mass is 10.1. The number of halogens is 1. The summed E-state index contributed by atoms with van der Waals surface area (Å²) in [6.45, 7) is 5.67. The molecule has 0 spiro atoms. The largest absolute Gasteiger partial charge is 0.462 e. The van der Waals surface area contributed by atoms with E-state index < -0.39 is 5.97 Å². The Morgan fingerprint density at radius 3 is 2.57 bits per heavy atom. The minimum Gasteiger partial charge on any atom is -0.462 e. The van der Waals surface area contributed by atoms with Gasteiger partial charge in [0.15, 0.2) is 0 Å². The van der Waals surface area contributed by atoms with Gasteiger partial charge in [-0.2, -0.15) is 0 Å². The summed E-state index contributed by atoms with van der Waals surface area (Å²) in [5.41, 5.74) is 2.80. The molecular formula is C17H17BrN2O3. The summed E-state index contributed by atoms with van der Waals surface area (Å²) in [6.07, 6.45) is 0. The van der Waals surface area contributed by atoms with Crippen LogP contribution < -0.4 is 5.32 Å². The maximum Gasteiger partial charge on any atom is 0.339 e. The number of hydrogen-bond acceptors (Lipinski definition) is 4. The first-order chi connectivity index (χ1) is 10.9. The van der Waals surface area contributed by atoms with Gasteiger partial charge in [0.25, 0.3) is 5.91 Å². The number of nitrogens with zero attached hydrogens (tertiary/aromatic N) is 1. The highest BCUT2D eigenvalue weighted by molar-refractivity contribution is 9.10. The van der Waals surface area contributed by atoms with Gasteiger partial charge in [-0.25, -0.2) is 9.78 Å². The molecule has 0 atom stereocenters. The van der Waals surface area contributed by atoms with E-state index in [2.05, 4.69) is 26.2 Å². The molecule has 2 aromatic rings. The zero-order chi connectivity index (χ0) is 17.0. The van der Waals surface area contributed by atoms with Crippen LogP contribution >= 0.6 is 15.9 Å². The fraction of sp³-hybridized carbons (Fsp3) is 0.235. The normalized spacial score (nSPS) is 10.3. The van der Waals surface area contributed by atoms with E-state index in [1.807, 2.05) is 25.1 Å². The highest BCUT2D eigenvalue weighted by Crippen LogP contribution is 2.23. The average molecular weight is 377 g/mol. The number of carbonyl (C=O) groups excluding carboxylic acids is 2. The van der Waals surface area contributed by atoms with Crippen LogP contribution in [0.4, 0.5) is 5.69 Å². The monoisotopic (exact) mass is 376 g/mol. The molecule has 1 N–H and O–H groups in total. The van der Waals surface area contributed by atoms with Crippen LogP contribution in [0.1, 0.15) is 39.0 Å². The van der Waals surface area contributed by atoms with Crippen molar-refractivity contribution in [3.05, 3.63) is 57.3 Å². The van der Waals surface area contributed by atoms with E-state index in [0.717, 1.165) is 10.0 Å². The van der Waals surface area contributed by atoms with E-state index in [9.17, 15) is 9.59 Å². The Morgan fingerprint density at radius 2 is 1.96 bits per heavy atom. The molecule has 0 saturated carbocycles. The Bertz CT molecular complexity index is 759. The van der Waals surface area contributed by atoms with Crippen molar-refractivity contribution in [1.82, 2.24) is 4.98 Å². The third kappa shape index (κ3) is 4.16. The number of rotatable bonds is 4. The number of nitrogens with one attached hydrogen (secondary N) is 1. The van der Waals surface area contributed by atoms with Crippen LogP contribution in [0.15, 0.2) is 34.8 Å². The lowest BCUT2D eigenvalue weighted by Gasteiger charge is -2.09. The molecule has 0 bridgehead atoms. The molecule has 1 amide bonds. The van der Waals surface area contributed by atoms with Crippen molar-refractivity contribution in [2.75, 3.05) is 11.9 Å². The van der Waals surface area contributed by atoms with E-state index in [0.29, 0.717) is 23.6 Å². The third-order valence-corrected chi connectivity index (χ3v) is 3.84. The first-order valence-electron chi connectivity index (χ1n) is 7.14. The van der Waals surface area contributed by atoms with E-state index >= 15 is 0 Å². The molecule has 6 heteroatoms. The molecule has 0 aliphatic heterocycles. The van der Waals surface area contributed by atoms with Crippen molar-refractivity contribution in [1.29, 1.82) is 0 Å². The number of hydrogen-bond donors (Lipinski definition) is 1. The summed E-state index contributed by atoms with van der Waals surface area (Å²) in [6, 6.07) is 8.70. The molecule has 120 valence electrons. The minimum atomic E-state index is -0.439. The first kappa shape index (κ1) is 17.1. The average Bonchev–Trinajstić information content (AvgIpc) is 2.50. The molecule has 1 heterocycles. The number of amides is 1. The maximum absolute atomic E-state index is 12.3. The van der Waals surface area contributed by atoms with Crippen molar-refractivity contribution in [2.24, 2.45) is 0 Å². The molecule has 0 unspecified atom stereocenters. The van der Waals surface area contributed by atoms with E-state index in [1.165, 1.54) is 6.07 Å². The Hall–Kier alpha value is -2.21. The van der Waals surface area contributed by atoms with Crippen LogP contribution in [0.5, 0.6) is 0 Å². The smallest absolute Gasteiger partial charge is 0.339 e. The molecule has 0 saturated heterocycles. The van der Waals surface area contributed by atoms with Gasteiger partial charge in [0.1, 0.15) is 5.69 Å². The van der Waals surface area contributed by atoms with Crippen LogP contribution in [0.2, 0.25) is 0 Å². The van der Waals surface area contributed by atoms with Crippen molar-refractivity contribution in [3.8, 4) is 0 Å². The number of benzene rings is 1. The van der Waals surface area contributed by atoms with Crippen LogP contribution in [0.3, 0.4) is 0 Å². The van der Waals surface area contributed by atoms with Crippen molar-refractivity contribution >= 4 is 33.5 Å². The predicted octanol–water partition coefficient (Wildman–Crippen LogP) is 3.89. The summed E-state index contributed by atoms with van der Waals surface area (Å²) >= 11 is 3.41. The molecular weight excluding hydrogens is 360 g/mol. The molecule has 0 fully saturated rings. The fourth-order valence-electron chi connectivity index (χ4n) is 2.02. The molecule has 5 nitrogen and oxygen atoms in total. The van der Waals surface area contributed by atoms with Gasteiger partial charge >= 0.3 is 5.97 Å². The Morgan fingerprint density at radius 1 is 1.22 bits per heavy atom. The molecule has 0 aliphatic rings. The van der Waals surface area contributed by atoms with E-state index in [4.69, 9.17) is 4.74 Å². The lowest BCUT2D eigenvalue weighted by molar-refractivity contribution is 0.0524. The van der Waals surface area contributed by atoms with Crippen LogP contribution in [0, 0.1) is 13.8 Å². The topological polar surface area (TPSA) is 68.3 Å². The SMILES string of the molecule is CCOC(=O)c1ccc(C(=O)Nc2ccc(C)cc2Br)nc1C. The lowest BCUT2D eigenvalue weighted by Crippen LogP contribution is -2.16. The third-order valence-electron chi connectivity index (χ3n) is 3.19. The molecule has 1 aromatic heterocycles. The first-order valence-corrected chi connectivity index (χ1v) is 7.94. The molecule has 23 heavy (non-hydrogen) atoms. The highest BCUT2D eigenvalue weighted by atomic mass is 79.9. The van der Waals surface area contributed by atoms with Crippen LogP contribution in [-0.2, 0) is 4.74 Å². The van der Waals surface area contributed by atoms with Gasteiger partial charge in [0.2, 0.25) is 0 Å². The number of esters is 1. The summed E-state index contributed by atoms with van der Waals surface area (Å²) < 4.78 is 5.74. The Kier molecular flexibility index (Phi) is 5.50. The molecule has 1 aromatic carbocycles. The van der Waals surface area contributed by atoms with Crippen LogP contribution in [-0.4, -0.2) is 23.5 Å². The van der Waals surface area contributed by atoms with Gasteiger partial charge in [-0.1, -0.05) is 6.07 Å². The van der Waals surface area contributed by atoms with Crippen LogP contribution in [0.25, 0.3) is 0 Å². The molecule has 2 rings (SSSR count). The van der Waals surface area contributed by atoms with Crippen molar-refractivity contribution in [3.63, 3.8) is 0 Å². The molecule has 0 radical (unpaired) electrons. The van der Waals surface area contributed by atoms with Crippen molar-refractivity contribution < 1.29 is 14.3 Å². The number of ether oxygens (including phenoxy) is 1. The van der Waals surface area contributed by atoms with Crippen molar-refractivity contribution in [2.45, 2.75) is 20.8 Å². The predicted molar refractivity (Wildman–Crippen MR) is 91.8 cm³/mol. The Balaban J connectivity index is 2.20. The summed E-state index contributed by atoms with van der Waals surface area (Å²) in [5, 5.41) is 2.79. The standard InChI is InChI=1S/C17H17BrN2O3/c1-4-23-17(22)12-6-8-15(19-11(12)3)16(21)20-14-7-5-10(2)9-13(14)18/h5-9H,4H2,1-3H3,(H,20,21). The number of pyridine rings is 1. The summed E-state index contributed by atoms with van der Waals surface area (Å²) in [7, 11) is 0. The van der Waals surface area contributed by atoms with Gasteiger partial charge in [0, 0.05) is 4.47 Å². The molecule has 0 aliphatic carbocycles. The van der Waals surface area contributed by atoms with Gasteiger partial charge in [0.05, 0.1) is 23.6 Å². The van der Waals surface area contributed by atoms with Gasteiger partial charge in [-0.3, -0.25) is 4.79 Å². The summed E-state index contributed by atoms with van der Waals surface area (Å²) in [4.78, 5) is 28.2. The van der Waals surface area contributed by atoms with Gasteiger partial charge in [-0.15, -0.1) is 0 Å². The number of carbonyl (C=O) groups is 2. The second-order valence-electron chi connectivity index (χ2n) is 4.99. The number of aryl methyl sites for hydroxylation is 2. The fourth-order valence-corrected chi connectivity index (χ4v) is 2.61. The minimum absolute atomic E-state index is 0.239. The maximum atomic E-state index is 12.3. The second kappa shape index (κ2) is 7.37.